The first-order valence-corrected chi connectivity index (χ1v) is 5.09. The monoisotopic (exact) mass is 200 g/mol. The molecular weight excluding hydrogens is 180 g/mol. The normalized spacial score (nSPS) is 13.9. The van der Waals surface area contributed by atoms with Crippen LogP contribution in [0.2, 0.25) is 0 Å². The maximum Gasteiger partial charge on any atom is 0.333 e. The van der Waals surface area contributed by atoms with E-state index in [4.69, 9.17) is 4.74 Å². The predicted octanol–water partition coefficient (Wildman–Crippen LogP) is 2.05. The van der Waals surface area contributed by atoms with E-state index >= 15 is 0 Å². The van der Waals surface area contributed by atoms with Gasteiger partial charge in [-0.2, -0.15) is 0 Å². The maximum absolute atomic E-state index is 11.1. The van der Waals surface area contributed by atoms with Crippen molar-refractivity contribution in [3.05, 3.63) is 11.6 Å². The van der Waals surface area contributed by atoms with Gasteiger partial charge in [0.25, 0.3) is 0 Å². The Morgan fingerprint density at radius 2 is 2.21 bits per heavy atom. The molecule has 0 saturated carbocycles. The first-order chi connectivity index (χ1) is 6.61. The van der Waals surface area contributed by atoms with E-state index in [1.807, 2.05) is 6.92 Å². The third-order valence-corrected chi connectivity index (χ3v) is 2.14. The lowest BCUT2D eigenvalue weighted by atomic mass is 10.1. The molecule has 0 bridgehead atoms. The van der Waals surface area contributed by atoms with E-state index in [1.165, 1.54) is 0 Å². The molecule has 1 N–H and O–H groups in total. The molecule has 1 unspecified atom stereocenters. The fourth-order valence-corrected chi connectivity index (χ4v) is 0.920. The highest BCUT2D eigenvalue weighted by Crippen LogP contribution is 2.02. The van der Waals surface area contributed by atoms with Crippen molar-refractivity contribution < 1.29 is 14.6 Å². The molecule has 0 heterocycles. The Hall–Kier alpha value is -0.830. The number of rotatable bonds is 6. The molecule has 0 aliphatic heterocycles. The third kappa shape index (κ3) is 5.75. The largest absolute Gasteiger partial charge is 0.462 e. The Balaban J connectivity index is 3.50. The van der Waals surface area contributed by atoms with Crippen molar-refractivity contribution in [3.63, 3.8) is 0 Å². The lowest BCUT2D eigenvalue weighted by molar-refractivity contribution is -0.139. The second-order valence-corrected chi connectivity index (χ2v) is 3.31. The van der Waals surface area contributed by atoms with Crippen LogP contribution in [0.1, 0.15) is 40.0 Å². The van der Waals surface area contributed by atoms with Gasteiger partial charge in [0.1, 0.15) is 0 Å². The maximum atomic E-state index is 11.1. The molecule has 0 rings (SSSR count). The summed E-state index contributed by atoms with van der Waals surface area (Å²) in [6.07, 6.45) is 3.62. The molecule has 0 fully saturated rings. The number of aliphatic hydroxyl groups is 1. The molecule has 3 nitrogen and oxygen atoms in total. The Morgan fingerprint density at radius 1 is 1.57 bits per heavy atom. The summed E-state index contributed by atoms with van der Waals surface area (Å²) in [7, 11) is 0. The molecule has 0 radical (unpaired) electrons. The molecule has 14 heavy (non-hydrogen) atoms. The first-order valence-electron chi connectivity index (χ1n) is 5.09. The van der Waals surface area contributed by atoms with Gasteiger partial charge >= 0.3 is 5.97 Å². The minimum Gasteiger partial charge on any atom is -0.462 e. The van der Waals surface area contributed by atoms with Crippen LogP contribution in [-0.4, -0.2) is 23.8 Å². The fraction of sp³-hybridized carbons (Fsp3) is 0.727. The minimum atomic E-state index is -0.267. The fourth-order valence-electron chi connectivity index (χ4n) is 0.920. The van der Waals surface area contributed by atoms with Gasteiger partial charge < -0.3 is 9.84 Å². The molecule has 0 amide bonds. The zero-order valence-electron chi connectivity index (χ0n) is 9.25. The third-order valence-electron chi connectivity index (χ3n) is 2.14. The lowest BCUT2D eigenvalue weighted by Gasteiger charge is -2.07. The molecule has 0 aliphatic carbocycles. The van der Waals surface area contributed by atoms with Crippen molar-refractivity contribution in [2.75, 3.05) is 6.61 Å². The predicted molar refractivity (Wildman–Crippen MR) is 55.9 cm³/mol. The van der Waals surface area contributed by atoms with Crippen LogP contribution in [0.4, 0.5) is 0 Å². The molecule has 0 spiro atoms. The topological polar surface area (TPSA) is 46.5 Å². The first kappa shape index (κ1) is 13.2. The number of allylic oxidation sites excluding steroid dienone is 1. The molecule has 0 aliphatic rings. The SMILES string of the molecule is CC=C(C)C(=O)OCCCC(O)CC. The van der Waals surface area contributed by atoms with Gasteiger partial charge in [-0.05, 0) is 33.1 Å². The number of hydrogen-bond acceptors (Lipinski definition) is 3. The second kappa shape index (κ2) is 7.56. The summed E-state index contributed by atoms with van der Waals surface area (Å²) >= 11 is 0. The van der Waals surface area contributed by atoms with Crippen molar-refractivity contribution in [3.8, 4) is 0 Å². The lowest BCUT2D eigenvalue weighted by Crippen LogP contribution is -2.10. The highest BCUT2D eigenvalue weighted by Gasteiger charge is 2.05. The van der Waals surface area contributed by atoms with Crippen LogP contribution < -0.4 is 0 Å². The highest BCUT2D eigenvalue weighted by atomic mass is 16.5. The van der Waals surface area contributed by atoms with E-state index in [0.717, 1.165) is 12.8 Å². The van der Waals surface area contributed by atoms with E-state index in [-0.39, 0.29) is 12.1 Å². The Kier molecular flexibility index (Phi) is 7.11. The molecule has 3 heteroatoms. The van der Waals surface area contributed by atoms with Gasteiger partial charge in [-0.3, -0.25) is 0 Å². The average molecular weight is 200 g/mol. The van der Waals surface area contributed by atoms with Crippen LogP contribution in [0, 0.1) is 0 Å². The zero-order valence-corrected chi connectivity index (χ0v) is 9.25. The van der Waals surface area contributed by atoms with Gasteiger partial charge in [0.2, 0.25) is 0 Å². The number of esters is 1. The zero-order chi connectivity index (χ0) is 11.0. The summed E-state index contributed by atoms with van der Waals surface area (Å²) in [6.45, 7) is 5.85. The van der Waals surface area contributed by atoms with Crippen molar-refractivity contribution in [2.45, 2.75) is 46.1 Å². The van der Waals surface area contributed by atoms with Gasteiger partial charge in [-0.25, -0.2) is 4.79 Å². The smallest absolute Gasteiger partial charge is 0.333 e. The van der Waals surface area contributed by atoms with Crippen LogP contribution in [0.5, 0.6) is 0 Å². The summed E-state index contributed by atoms with van der Waals surface area (Å²) in [4.78, 5) is 11.1. The highest BCUT2D eigenvalue weighted by molar-refractivity contribution is 5.87. The average Bonchev–Trinajstić information content (AvgIpc) is 2.22. The molecule has 0 aromatic rings. The molecular formula is C11H20O3. The van der Waals surface area contributed by atoms with Crippen LogP contribution in [-0.2, 0) is 9.53 Å². The molecule has 1 atom stereocenters. The van der Waals surface area contributed by atoms with E-state index < -0.39 is 0 Å². The summed E-state index contributed by atoms with van der Waals surface area (Å²) in [5.41, 5.74) is 0.626. The summed E-state index contributed by atoms with van der Waals surface area (Å²) in [6, 6.07) is 0. The Bertz CT molecular complexity index is 197. The quantitative estimate of drug-likeness (QED) is 0.405. The summed E-state index contributed by atoms with van der Waals surface area (Å²) < 4.78 is 4.97. The summed E-state index contributed by atoms with van der Waals surface area (Å²) in [5.74, 6) is -0.265. The minimum absolute atomic E-state index is 0.265. The number of hydrogen-bond donors (Lipinski definition) is 1. The number of ether oxygens (including phenoxy) is 1. The number of aliphatic hydroxyl groups excluding tert-OH is 1. The molecule has 0 aromatic carbocycles. The van der Waals surface area contributed by atoms with E-state index in [2.05, 4.69) is 0 Å². The Morgan fingerprint density at radius 3 is 2.71 bits per heavy atom. The van der Waals surface area contributed by atoms with E-state index in [1.54, 1.807) is 19.9 Å². The summed E-state index contributed by atoms with van der Waals surface area (Å²) in [5, 5.41) is 9.23. The van der Waals surface area contributed by atoms with Crippen molar-refractivity contribution >= 4 is 5.97 Å². The van der Waals surface area contributed by atoms with Gasteiger partial charge in [-0.1, -0.05) is 13.0 Å². The van der Waals surface area contributed by atoms with E-state index in [9.17, 15) is 9.90 Å². The van der Waals surface area contributed by atoms with Crippen LogP contribution in [0.25, 0.3) is 0 Å². The van der Waals surface area contributed by atoms with Crippen molar-refractivity contribution in [2.24, 2.45) is 0 Å². The van der Waals surface area contributed by atoms with Crippen molar-refractivity contribution in [1.29, 1.82) is 0 Å². The Labute approximate surface area is 85.8 Å². The number of carbonyl (C=O) groups is 1. The van der Waals surface area contributed by atoms with Gasteiger partial charge in [-0.15, -0.1) is 0 Å². The van der Waals surface area contributed by atoms with Crippen LogP contribution >= 0.6 is 0 Å². The van der Waals surface area contributed by atoms with Crippen LogP contribution in [0.15, 0.2) is 11.6 Å². The van der Waals surface area contributed by atoms with Gasteiger partial charge in [0, 0.05) is 5.57 Å². The standard InChI is InChI=1S/C11H20O3/c1-4-9(3)11(13)14-8-6-7-10(12)5-2/h4,10,12H,5-8H2,1-3H3. The van der Waals surface area contributed by atoms with Crippen LogP contribution in [0.3, 0.4) is 0 Å². The molecule has 0 saturated heterocycles. The van der Waals surface area contributed by atoms with E-state index in [0.29, 0.717) is 18.6 Å². The molecule has 0 aromatic heterocycles. The second-order valence-electron chi connectivity index (χ2n) is 3.31. The van der Waals surface area contributed by atoms with Gasteiger partial charge in [0.15, 0.2) is 0 Å². The van der Waals surface area contributed by atoms with Gasteiger partial charge in [0.05, 0.1) is 12.7 Å². The molecule has 82 valence electrons. The number of carbonyl (C=O) groups excluding carboxylic acids is 1. The van der Waals surface area contributed by atoms with Crippen molar-refractivity contribution in [1.82, 2.24) is 0 Å².